The lowest BCUT2D eigenvalue weighted by molar-refractivity contribution is 0.296. The Hall–Kier alpha value is -2.30. The van der Waals surface area contributed by atoms with Crippen molar-refractivity contribution >= 4 is 5.69 Å². The second-order valence-corrected chi connectivity index (χ2v) is 4.40. The molecule has 2 aromatic rings. The highest BCUT2D eigenvalue weighted by Crippen LogP contribution is 2.32. The predicted octanol–water partition coefficient (Wildman–Crippen LogP) is 3.69. The summed E-state index contributed by atoms with van der Waals surface area (Å²) in [6.07, 6.45) is 2.43. The molecule has 0 aliphatic heterocycles. The van der Waals surface area contributed by atoms with Crippen molar-refractivity contribution in [1.82, 2.24) is 4.98 Å². The van der Waals surface area contributed by atoms with Gasteiger partial charge >= 0.3 is 0 Å². The zero-order valence-corrected chi connectivity index (χ0v) is 11.5. The molecule has 0 spiro atoms. The lowest BCUT2D eigenvalue weighted by Crippen LogP contribution is -2.00. The number of aryl methyl sites for hydroxylation is 1. The van der Waals surface area contributed by atoms with E-state index in [1.807, 2.05) is 6.92 Å². The minimum atomic E-state index is -0.528. The van der Waals surface area contributed by atoms with Gasteiger partial charge in [0, 0.05) is 18.0 Å². The molecule has 0 amide bonds. The summed E-state index contributed by atoms with van der Waals surface area (Å²) in [5.41, 5.74) is 6.77. The van der Waals surface area contributed by atoms with Crippen LogP contribution in [0.3, 0.4) is 0 Å². The van der Waals surface area contributed by atoms with Crippen LogP contribution in [0, 0.1) is 12.7 Å². The molecule has 1 aromatic heterocycles. The molecule has 0 bridgehead atoms. The van der Waals surface area contributed by atoms with E-state index in [0.717, 1.165) is 12.0 Å². The van der Waals surface area contributed by atoms with Crippen molar-refractivity contribution in [2.45, 2.75) is 20.3 Å². The molecule has 0 saturated heterocycles. The molecule has 0 aliphatic rings. The Morgan fingerprint density at radius 1 is 1.30 bits per heavy atom. The molecule has 106 valence electrons. The summed E-state index contributed by atoms with van der Waals surface area (Å²) in [6.45, 7) is 4.33. The highest BCUT2D eigenvalue weighted by atomic mass is 19.1. The number of nitrogens with zero attached hydrogens (tertiary/aromatic N) is 1. The van der Waals surface area contributed by atoms with Gasteiger partial charge in [0.15, 0.2) is 17.3 Å². The monoisotopic (exact) mass is 276 g/mol. The third-order valence-corrected chi connectivity index (χ3v) is 2.73. The SMILES string of the molecule is CCCOc1cccnc1Oc1cc(C)c(N)cc1F. The largest absolute Gasteiger partial charge is 0.488 e. The minimum Gasteiger partial charge on any atom is -0.488 e. The second kappa shape index (κ2) is 6.23. The Labute approximate surface area is 117 Å². The molecular formula is C15H17FN2O2. The summed E-state index contributed by atoms with van der Waals surface area (Å²) in [4.78, 5) is 4.07. The van der Waals surface area contributed by atoms with Crippen LogP contribution >= 0.6 is 0 Å². The van der Waals surface area contributed by atoms with Gasteiger partial charge in [-0.3, -0.25) is 0 Å². The Balaban J connectivity index is 2.28. The van der Waals surface area contributed by atoms with Crippen LogP contribution in [0.4, 0.5) is 10.1 Å². The first-order valence-electron chi connectivity index (χ1n) is 6.43. The molecule has 1 heterocycles. The van der Waals surface area contributed by atoms with Gasteiger partial charge in [-0.1, -0.05) is 6.92 Å². The fraction of sp³-hybridized carbons (Fsp3) is 0.267. The van der Waals surface area contributed by atoms with Crippen molar-refractivity contribution in [3.8, 4) is 17.4 Å². The zero-order chi connectivity index (χ0) is 14.5. The standard InChI is InChI=1S/C15H17FN2O2/c1-3-7-19-13-5-4-6-18-15(13)20-14-8-10(2)12(17)9-11(14)16/h4-6,8-9H,3,7,17H2,1-2H3. The van der Waals surface area contributed by atoms with Crippen LogP contribution < -0.4 is 15.2 Å². The van der Waals surface area contributed by atoms with E-state index in [1.165, 1.54) is 6.07 Å². The van der Waals surface area contributed by atoms with Crippen molar-refractivity contribution in [1.29, 1.82) is 0 Å². The molecule has 1 aromatic carbocycles. The molecule has 4 nitrogen and oxygen atoms in total. The molecular weight excluding hydrogens is 259 g/mol. The third kappa shape index (κ3) is 3.17. The fourth-order valence-electron chi connectivity index (χ4n) is 1.63. The summed E-state index contributed by atoms with van der Waals surface area (Å²) < 4.78 is 24.9. The van der Waals surface area contributed by atoms with Crippen LogP contribution in [-0.4, -0.2) is 11.6 Å². The summed E-state index contributed by atoms with van der Waals surface area (Å²) in [5.74, 6) is 0.282. The molecule has 0 saturated carbocycles. The number of nitrogen functional groups attached to an aromatic ring is 1. The molecule has 2 rings (SSSR count). The van der Waals surface area contributed by atoms with E-state index in [-0.39, 0.29) is 11.6 Å². The van der Waals surface area contributed by atoms with Gasteiger partial charge < -0.3 is 15.2 Å². The number of rotatable bonds is 5. The Kier molecular flexibility index (Phi) is 4.40. The smallest absolute Gasteiger partial charge is 0.262 e. The average molecular weight is 276 g/mol. The van der Waals surface area contributed by atoms with Crippen LogP contribution in [0.15, 0.2) is 30.5 Å². The quantitative estimate of drug-likeness (QED) is 0.846. The van der Waals surface area contributed by atoms with Crippen molar-refractivity contribution in [3.05, 3.63) is 41.8 Å². The zero-order valence-electron chi connectivity index (χ0n) is 11.5. The van der Waals surface area contributed by atoms with Gasteiger partial charge in [-0.2, -0.15) is 0 Å². The van der Waals surface area contributed by atoms with E-state index in [1.54, 1.807) is 31.3 Å². The average Bonchev–Trinajstić information content (AvgIpc) is 2.44. The van der Waals surface area contributed by atoms with Gasteiger partial charge in [0.25, 0.3) is 5.88 Å². The summed E-state index contributed by atoms with van der Waals surface area (Å²) >= 11 is 0. The van der Waals surface area contributed by atoms with E-state index < -0.39 is 5.82 Å². The van der Waals surface area contributed by atoms with E-state index >= 15 is 0 Å². The highest BCUT2D eigenvalue weighted by Gasteiger charge is 2.12. The number of hydrogen-bond donors (Lipinski definition) is 1. The van der Waals surface area contributed by atoms with Crippen LogP contribution in [0.2, 0.25) is 0 Å². The maximum Gasteiger partial charge on any atom is 0.262 e. The normalized spacial score (nSPS) is 10.3. The topological polar surface area (TPSA) is 57.4 Å². The molecule has 0 radical (unpaired) electrons. The van der Waals surface area contributed by atoms with E-state index in [2.05, 4.69) is 4.98 Å². The summed E-state index contributed by atoms with van der Waals surface area (Å²) in [6, 6.07) is 6.26. The lowest BCUT2D eigenvalue weighted by Gasteiger charge is -2.12. The first kappa shape index (κ1) is 14.1. The van der Waals surface area contributed by atoms with Gasteiger partial charge in [0.05, 0.1) is 6.61 Å². The predicted molar refractivity (Wildman–Crippen MR) is 75.6 cm³/mol. The maximum absolute atomic E-state index is 13.8. The number of anilines is 1. The van der Waals surface area contributed by atoms with Crippen LogP contribution in [0.25, 0.3) is 0 Å². The molecule has 2 N–H and O–H groups in total. The van der Waals surface area contributed by atoms with Crippen molar-refractivity contribution in [2.24, 2.45) is 0 Å². The van der Waals surface area contributed by atoms with Gasteiger partial charge in [0.1, 0.15) is 0 Å². The first-order valence-corrected chi connectivity index (χ1v) is 6.43. The molecule has 0 fully saturated rings. The van der Waals surface area contributed by atoms with Gasteiger partial charge in [-0.15, -0.1) is 0 Å². The van der Waals surface area contributed by atoms with Crippen LogP contribution in [0.5, 0.6) is 17.4 Å². The number of nitrogens with two attached hydrogens (primary N) is 1. The number of aromatic nitrogens is 1. The number of benzene rings is 1. The number of halogens is 1. The Morgan fingerprint density at radius 2 is 2.10 bits per heavy atom. The first-order chi connectivity index (χ1) is 9.61. The molecule has 0 aliphatic carbocycles. The second-order valence-electron chi connectivity index (χ2n) is 4.40. The number of ether oxygens (including phenoxy) is 2. The van der Waals surface area contributed by atoms with Crippen molar-refractivity contribution in [2.75, 3.05) is 12.3 Å². The fourth-order valence-corrected chi connectivity index (χ4v) is 1.63. The summed E-state index contributed by atoms with van der Waals surface area (Å²) in [7, 11) is 0. The van der Waals surface area contributed by atoms with E-state index in [4.69, 9.17) is 15.2 Å². The van der Waals surface area contributed by atoms with Gasteiger partial charge in [0.2, 0.25) is 0 Å². The number of hydrogen-bond acceptors (Lipinski definition) is 4. The van der Waals surface area contributed by atoms with Crippen LogP contribution in [0.1, 0.15) is 18.9 Å². The van der Waals surface area contributed by atoms with E-state index in [0.29, 0.717) is 18.0 Å². The summed E-state index contributed by atoms with van der Waals surface area (Å²) in [5, 5.41) is 0. The Bertz CT molecular complexity index is 602. The highest BCUT2D eigenvalue weighted by molar-refractivity contribution is 5.51. The molecule has 5 heteroatoms. The van der Waals surface area contributed by atoms with Crippen LogP contribution in [-0.2, 0) is 0 Å². The molecule has 20 heavy (non-hydrogen) atoms. The van der Waals surface area contributed by atoms with Crippen molar-refractivity contribution < 1.29 is 13.9 Å². The molecule has 0 atom stereocenters. The Morgan fingerprint density at radius 3 is 2.85 bits per heavy atom. The maximum atomic E-state index is 13.8. The van der Waals surface area contributed by atoms with Gasteiger partial charge in [-0.25, -0.2) is 9.37 Å². The van der Waals surface area contributed by atoms with Gasteiger partial charge in [-0.05, 0) is 37.1 Å². The number of pyridine rings is 1. The lowest BCUT2D eigenvalue weighted by atomic mass is 10.2. The van der Waals surface area contributed by atoms with E-state index in [9.17, 15) is 4.39 Å². The third-order valence-electron chi connectivity index (χ3n) is 2.73. The van der Waals surface area contributed by atoms with Crippen molar-refractivity contribution in [3.63, 3.8) is 0 Å². The molecule has 0 unspecified atom stereocenters. The minimum absolute atomic E-state index is 0.0803.